The van der Waals surface area contributed by atoms with Gasteiger partial charge in [0.15, 0.2) is 0 Å². The maximum Gasteiger partial charge on any atom is 0.379 e. The number of rotatable bonds is 5. The Balaban J connectivity index is 4.57. The van der Waals surface area contributed by atoms with Crippen LogP contribution in [-0.4, -0.2) is 41.2 Å². The molecule has 0 rings (SSSR count). The van der Waals surface area contributed by atoms with Gasteiger partial charge in [-0.05, 0) is 13.8 Å². The van der Waals surface area contributed by atoms with Gasteiger partial charge in [-0.15, -0.1) is 0 Å². The summed E-state index contributed by atoms with van der Waals surface area (Å²) in [5.41, 5.74) is 0. The Kier molecular flexibility index (Phi) is 4.36. The van der Waals surface area contributed by atoms with E-state index in [-0.39, 0.29) is 13.2 Å². The van der Waals surface area contributed by atoms with Crippen LogP contribution in [0, 0.1) is 0 Å². The predicted octanol–water partition coefficient (Wildman–Crippen LogP) is -0.641. The van der Waals surface area contributed by atoms with Crippen LogP contribution in [0.25, 0.3) is 0 Å². The Morgan fingerprint density at radius 1 is 1.31 bits per heavy atom. The number of esters is 1. The summed E-state index contributed by atoms with van der Waals surface area (Å²) in [7, 11) is 0. The van der Waals surface area contributed by atoms with E-state index in [2.05, 4.69) is 9.47 Å². The Bertz CT molecular complexity index is 201. The van der Waals surface area contributed by atoms with Gasteiger partial charge in [-0.1, -0.05) is 0 Å². The molecule has 0 saturated carbocycles. The molecule has 6 nitrogen and oxygen atoms in total. The summed E-state index contributed by atoms with van der Waals surface area (Å²) in [6, 6.07) is 0. The summed E-state index contributed by atoms with van der Waals surface area (Å²) < 4.78 is 8.71. The van der Waals surface area contributed by atoms with Gasteiger partial charge in [-0.3, -0.25) is 0 Å². The largest absolute Gasteiger partial charge is 0.477 e. The highest BCUT2D eigenvalue weighted by atomic mass is 16.7. The molecule has 0 bridgehead atoms. The molecule has 0 aliphatic carbocycles. The molecular weight excluding hydrogens is 180 g/mol. The molecule has 0 radical (unpaired) electrons. The Labute approximate surface area is 75.1 Å². The fourth-order valence-electron chi connectivity index (χ4n) is 0.646. The van der Waals surface area contributed by atoms with Gasteiger partial charge in [-0.2, -0.15) is 0 Å². The van der Waals surface area contributed by atoms with Crippen LogP contribution in [-0.2, 0) is 19.1 Å². The molecule has 0 aliphatic heterocycles. The molecule has 0 spiro atoms. The lowest BCUT2D eigenvalue weighted by Gasteiger charge is -2.19. The molecule has 0 fully saturated rings. The van der Waals surface area contributed by atoms with Crippen molar-refractivity contribution in [2.24, 2.45) is 0 Å². The zero-order chi connectivity index (χ0) is 10.5. The fourth-order valence-corrected chi connectivity index (χ4v) is 0.646. The molecule has 13 heavy (non-hydrogen) atoms. The molecule has 0 aromatic carbocycles. The van der Waals surface area contributed by atoms with Crippen molar-refractivity contribution in [3.8, 4) is 0 Å². The van der Waals surface area contributed by atoms with Gasteiger partial charge in [0.05, 0.1) is 6.61 Å². The van der Waals surface area contributed by atoms with Crippen LogP contribution in [0.15, 0.2) is 0 Å². The second-order valence-corrected chi connectivity index (χ2v) is 2.10. The Morgan fingerprint density at radius 2 is 1.85 bits per heavy atom. The molecule has 0 amide bonds. The molecule has 76 valence electrons. The van der Waals surface area contributed by atoms with Crippen molar-refractivity contribution in [3.05, 3.63) is 0 Å². The molecule has 0 aromatic heterocycles. The van der Waals surface area contributed by atoms with Crippen molar-refractivity contribution in [1.82, 2.24) is 0 Å². The van der Waals surface area contributed by atoms with E-state index in [9.17, 15) is 14.7 Å². The van der Waals surface area contributed by atoms with Crippen molar-refractivity contribution in [2.45, 2.75) is 19.6 Å². The van der Waals surface area contributed by atoms with E-state index in [1.54, 1.807) is 0 Å². The number of ether oxygens (including phenoxy) is 2. The Hall–Kier alpha value is -1.14. The number of carbonyl (C=O) groups is 2. The second-order valence-electron chi connectivity index (χ2n) is 2.10. The number of carboxylic acids is 1. The maximum atomic E-state index is 10.9. The van der Waals surface area contributed by atoms with E-state index in [4.69, 9.17) is 5.11 Å². The zero-order valence-corrected chi connectivity index (χ0v) is 7.44. The minimum Gasteiger partial charge on any atom is -0.477 e. The molecule has 0 aromatic rings. The first kappa shape index (κ1) is 11.9. The van der Waals surface area contributed by atoms with E-state index >= 15 is 0 Å². The van der Waals surface area contributed by atoms with E-state index in [1.807, 2.05) is 0 Å². The molecule has 0 heterocycles. The van der Waals surface area contributed by atoms with Gasteiger partial charge in [0, 0.05) is 6.61 Å². The molecule has 0 saturated heterocycles. The minimum absolute atomic E-state index is 0.0263. The number of hydrogen-bond donors (Lipinski definition) is 2. The third-order valence-corrected chi connectivity index (χ3v) is 1.20. The smallest absolute Gasteiger partial charge is 0.379 e. The van der Waals surface area contributed by atoms with Crippen LogP contribution in [0.1, 0.15) is 13.8 Å². The van der Waals surface area contributed by atoms with Crippen LogP contribution in [0.2, 0.25) is 0 Å². The van der Waals surface area contributed by atoms with Crippen LogP contribution >= 0.6 is 0 Å². The summed E-state index contributed by atoms with van der Waals surface area (Å²) in [5, 5.41) is 17.7. The van der Waals surface area contributed by atoms with Crippen molar-refractivity contribution >= 4 is 11.9 Å². The molecule has 0 aliphatic rings. The van der Waals surface area contributed by atoms with Crippen LogP contribution < -0.4 is 0 Å². The monoisotopic (exact) mass is 192 g/mol. The number of aliphatic hydroxyl groups is 1. The molecular formula is C7H12O6. The first-order valence-corrected chi connectivity index (χ1v) is 3.76. The zero-order valence-electron chi connectivity index (χ0n) is 7.44. The van der Waals surface area contributed by atoms with Crippen LogP contribution in [0.4, 0.5) is 0 Å². The highest BCUT2D eigenvalue weighted by Crippen LogP contribution is 2.09. The van der Waals surface area contributed by atoms with E-state index in [0.717, 1.165) is 0 Å². The normalized spacial score (nSPS) is 14.7. The van der Waals surface area contributed by atoms with E-state index in [0.29, 0.717) is 0 Å². The average molecular weight is 192 g/mol. The first-order valence-electron chi connectivity index (χ1n) is 3.76. The average Bonchev–Trinajstić information content (AvgIpc) is 2.04. The third kappa shape index (κ3) is 2.67. The summed E-state index contributed by atoms with van der Waals surface area (Å²) in [5.74, 6) is -5.98. The Morgan fingerprint density at radius 3 is 2.15 bits per heavy atom. The second kappa shape index (κ2) is 4.78. The lowest BCUT2D eigenvalue weighted by molar-refractivity contribution is -0.233. The molecule has 1 atom stereocenters. The van der Waals surface area contributed by atoms with Gasteiger partial charge in [-0.25, -0.2) is 9.59 Å². The molecule has 6 heteroatoms. The standard InChI is InChI=1S/C7H12O6/c1-3-12-6(10)7(11,5(8)9)13-4-2/h11H,3-4H2,1-2H3,(H,8,9). The summed E-state index contributed by atoms with van der Waals surface area (Å²) in [6.07, 6.45) is 0. The number of carboxylic acid groups (broad SMARTS) is 1. The number of carbonyl (C=O) groups excluding carboxylic acids is 1. The van der Waals surface area contributed by atoms with Crippen molar-refractivity contribution < 1.29 is 29.3 Å². The first-order chi connectivity index (χ1) is 5.99. The van der Waals surface area contributed by atoms with Gasteiger partial charge in [0.2, 0.25) is 0 Å². The van der Waals surface area contributed by atoms with Crippen LogP contribution in [0.5, 0.6) is 0 Å². The summed E-state index contributed by atoms with van der Waals surface area (Å²) in [4.78, 5) is 21.4. The van der Waals surface area contributed by atoms with Gasteiger partial charge >= 0.3 is 17.7 Å². The molecule has 1 unspecified atom stereocenters. The summed E-state index contributed by atoms with van der Waals surface area (Å²) in [6.45, 7) is 2.81. The lowest BCUT2D eigenvalue weighted by atomic mass is 10.3. The van der Waals surface area contributed by atoms with Gasteiger partial charge in [0.1, 0.15) is 0 Å². The SMILES string of the molecule is CCOC(=O)C(O)(OCC)C(=O)O. The van der Waals surface area contributed by atoms with Gasteiger partial charge < -0.3 is 19.7 Å². The highest BCUT2D eigenvalue weighted by Gasteiger charge is 2.47. The fraction of sp³-hybridized carbons (Fsp3) is 0.714. The van der Waals surface area contributed by atoms with Crippen LogP contribution in [0.3, 0.4) is 0 Å². The van der Waals surface area contributed by atoms with Crippen molar-refractivity contribution in [2.75, 3.05) is 13.2 Å². The van der Waals surface area contributed by atoms with Crippen molar-refractivity contribution in [3.63, 3.8) is 0 Å². The van der Waals surface area contributed by atoms with E-state index < -0.39 is 17.7 Å². The third-order valence-electron chi connectivity index (χ3n) is 1.20. The predicted molar refractivity (Wildman–Crippen MR) is 40.8 cm³/mol. The number of hydrogen-bond acceptors (Lipinski definition) is 5. The topological polar surface area (TPSA) is 93.1 Å². The minimum atomic E-state index is -2.88. The van der Waals surface area contributed by atoms with Gasteiger partial charge in [0.25, 0.3) is 0 Å². The maximum absolute atomic E-state index is 10.9. The number of aliphatic carboxylic acids is 1. The van der Waals surface area contributed by atoms with Crippen molar-refractivity contribution in [1.29, 1.82) is 0 Å². The highest BCUT2D eigenvalue weighted by molar-refractivity contribution is 6.00. The van der Waals surface area contributed by atoms with E-state index in [1.165, 1.54) is 13.8 Å². The quantitative estimate of drug-likeness (QED) is 0.342. The lowest BCUT2D eigenvalue weighted by Crippen LogP contribution is -2.50. The molecule has 2 N–H and O–H groups in total. The summed E-state index contributed by atoms with van der Waals surface area (Å²) >= 11 is 0.